The van der Waals surface area contributed by atoms with Gasteiger partial charge in [0.1, 0.15) is 11.5 Å². The van der Waals surface area contributed by atoms with E-state index in [0.29, 0.717) is 5.02 Å². The molecule has 0 radical (unpaired) electrons. The summed E-state index contributed by atoms with van der Waals surface area (Å²) in [7, 11) is 3.56. The Kier molecular flexibility index (Phi) is 5.13. The third-order valence-electron chi connectivity index (χ3n) is 3.25. The first kappa shape index (κ1) is 15.4. The molecule has 0 aliphatic heterocycles. The Morgan fingerprint density at radius 2 is 2.15 bits per heavy atom. The van der Waals surface area contributed by atoms with Crippen molar-refractivity contribution in [2.24, 2.45) is 0 Å². The molecule has 0 saturated carbocycles. The van der Waals surface area contributed by atoms with Crippen molar-refractivity contribution in [2.45, 2.75) is 19.4 Å². The highest BCUT2D eigenvalue weighted by molar-refractivity contribution is 9.10. The van der Waals surface area contributed by atoms with Crippen LogP contribution >= 0.6 is 27.5 Å². The van der Waals surface area contributed by atoms with E-state index in [9.17, 15) is 0 Å². The largest absolute Gasteiger partial charge is 0.495 e. The van der Waals surface area contributed by atoms with Gasteiger partial charge in [0.25, 0.3) is 0 Å². The van der Waals surface area contributed by atoms with Crippen LogP contribution in [-0.2, 0) is 6.42 Å². The molecule has 1 aromatic carbocycles. The lowest BCUT2D eigenvalue weighted by atomic mass is 9.97. The molecule has 1 unspecified atom stereocenters. The van der Waals surface area contributed by atoms with Crippen LogP contribution in [-0.4, -0.2) is 14.2 Å². The van der Waals surface area contributed by atoms with Crippen molar-refractivity contribution < 1.29 is 9.15 Å². The molecule has 2 aromatic rings. The molecule has 1 atom stereocenters. The molecule has 1 N–H and O–H groups in total. The van der Waals surface area contributed by atoms with Gasteiger partial charge in [-0.2, -0.15) is 0 Å². The summed E-state index contributed by atoms with van der Waals surface area (Å²) in [5, 5.41) is 3.97. The van der Waals surface area contributed by atoms with Gasteiger partial charge in [0.05, 0.1) is 23.9 Å². The quantitative estimate of drug-likeness (QED) is 0.850. The van der Waals surface area contributed by atoms with Gasteiger partial charge >= 0.3 is 0 Å². The monoisotopic (exact) mass is 357 g/mol. The van der Waals surface area contributed by atoms with E-state index in [0.717, 1.165) is 33.5 Å². The first-order chi connectivity index (χ1) is 9.62. The van der Waals surface area contributed by atoms with Gasteiger partial charge in [-0.05, 0) is 41.2 Å². The minimum Gasteiger partial charge on any atom is -0.495 e. The first-order valence-electron chi connectivity index (χ1n) is 6.38. The van der Waals surface area contributed by atoms with Gasteiger partial charge in [0, 0.05) is 22.6 Å². The third-order valence-corrected chi connectivity index (χ3v) is 4.06. The molecule has 1 heterocycles. The predicted molar refractivity (Wildman–Crippen MR) is 84.7 cm³/mol. The van der Waals surface area contributed by atoms with Crippen LogP contribution in [0.15, 0.2) is 33.4 Å². The van der Waals surface area contributed by atoms with E-state index >= 15 is 0 Å². The fourth-order valence-corrected chi connectivity index (χ4v) is 3.38. The molecular formula is C15H17BrClNO2. The molecule has 0 bridgehead atoms. The van der Waals surface area contributed by atoms with Crippen molar-refractivity contribution in [3.8, 4) is 5.75 Å². The minimum absolute atomic E-state index is 0.0337. The van der Waals surface area contributed by atoms with Gasteiger partial charge in [0.2, 0.25) is 0 Å². The molecule has 3 nitrogen and oxygen atoms in total. The number of rotatable bonds is 5. The van der Waals surface area contributed by atoms with Crippen molar-refractivity contribution in [3.63, 3.8) is 0 Å². The van der Waals surface area contributed by atoms with Gasteiger partial charge in [-0.15, -0.1) is 0 Å². The van der Waals surface area contributed by atoms with E-state index in [-0.39, 0.29) is 6.04 Å². The number of hydrogen-bond acceptors (Lipinski definition) is 3. The number of aryl methyl sites for hydroxylation is 1. The maximum atomic E-state index is 6.18. The third kappa shape index (κ3) is 2.87. The van der Waals surface area contributed by atoms with Crippen LogP contribution in [0, 0.1) is 0 Å². The minimum atomic E-state index is -0.0337. The fourth-order valence-electron chi connectivity index (χ4n) is 2.38. The van der Waals surface area contributed by atoms with E-state index in [4.69, 9.17) is 20.8 Å². The van der Waals surface area contributed by atoms with Crippen LogP contribution in [0.5, 0.6) is 5.75 Å². The fraction of sp³-hybridized carbons (Fsp3) is 0.333. The average Bonchev–Trinajstić information content (AvgIpc) is 2.87. The second kappa shape index (κ2) is 6.66. The van der Waals surface area contributed by atoms with Gasteiger partial charge in [-0.3, -0.25) is 0 Å². The first-order valence-corrected chi connectivity index (χ1v) is 7.55. The Bertz CT molecular complexity index is 598. The molecule has 0 saturated heterocycles. The van der Waals surface area contributed by atoms with Crippen molar-refractivity contribution in [2.75, 3.05) is 14.2 Å². The Balaban J connectivity index is 2.57. The van der Waals surface area contributed by atoms with E-state index < -0.39 is 0 Å². The van der Waals surface area contributed by atoms with Crippen LogP contribution < -0.4 is 10.1 Å². The Morgan fingerprint density at radius 3 is 2.75 bits per heavy atom. The lowest BCUT2D eigenvalue weighted by Gasteiger charge is -2.20. The summed E-state index contributed by atoms with van der Waals surface area (Å²) in [6.45, 7) is 2.07. The number of halogens is 2. The number of methoxy groups -OCH3 is 1. The van der Waals surface area contributed by atoms with Crippen molar-refractivity contribution >= 4 is 27.5 Å². The average molecular weight is 359 g/mol. The van der Waals surface area contributed by atoms with Crippen molar-refractivity contribution in [1.29, 1.82) is 0 Å². The SMILES string of the molecule is CCc1occc1C(NC)c1cc(Cl)cc(Br)c1OC. The summed E-state index contributed by atoms with van der Waals surface area (Å²) in [6.07, 6.45) is 2.55. The predicted octanol–water partition coefficient (Wildman–Crippen LogP) is 4.58. The summed E-state index contributed by atoms with van der Waals surface area (Å²) in [4.78, 5) is 0. The van der Waals surface area contributed by atoms with Gasteiger partial charge in [0.15, 0.2) is 0 Å². The van der Waals surface area contributed by atoms with E-state index in [1.807, 2.05) is 25.2 Å². The summed E-state index contributed by atoms with van der Waals surface area (Å²) in [6, 6.07) is 5.69. The zero-order valence-corrected chi connectivity index (χ0v) is 14.0. The Labute approximate surface area is 132 Å². The molecule has 0 aliphatic carbocycles. The number of furan rings is 1. The van der Waals surface area contributed by atoms with Crippen molar-refractivity contribution in [1.82, 2.24) is 5.32 Å². The van der Waals surface area contributed by atoms with Gasteiger partial charge < -0.3 is 14.5 Å². The molecule has 108 valence electrons. The Morgan fingerprint density at radius 1 is 1.40 bits per heavy atom. The Hall–Kier alpha value is -0.970. The molecule has 0 spiro atoms. The molecule has 0 aliphatic rings. The normalized spacial score (nSPS) is 12.4. The maximum Gasteiger partial charge on any atom is 0.138 e. The van der Waals surface area contributed by atoms with Crippen LogP contribution in [0.2, 0.25) is 5.02 Å². The summed E-state index contributed by atoms with van der Waals surface area (Å²) >= 11 is 9.67. The lowest BCUT2D eigenvalue weighted by Crippen LogP contribution is -2.19. The molecule has 2 rings (SSSR count). The highest BCUT2D eigenvalue weighted by atomic mass is 79.9. The van der Waals surface area contributed by atoms with E-state index in [2.05, 4.69) is 28.2 Å². The second-order valence-corrected chi connectivity index (χ2v) is 5.68. The van der Waals surface area contributed by atoms with Crippen LogP contribution in [0.25, 0.3) is 0 Å². The number of ether oxygens (including phenoxy) is 1. The van der Waals surface area contributed by atoms with Gasteiger partial charge in [-0.25, -0.2) is 0 Å². The van der Waals surface area contributed by atoms with Crippen molar-refractivity contribution in [3.05, 3.63) is 50.8 Å². The summed E-state index contributed by atoms with van der Waals surface area (Å²) in [5.74, 6) is 1.74. The second-order valence-electron chi connectivity index (χ2n) is 4.38. The zero-order chi connectivity index (χ0) is 14.7. The zero-order valence-electron chi connectivity index (χ0n) is 11.7. The molecule has 0 amide bonds. The van der Waals surface area contributed by atoms with Crippen LogP contribution in [0.4, 0.5) is 0 Å². The lowest BCUT2D eigenvalue weighted by molar-refractivity contribution is 0.402. The number of hydrogen-bond donors (Lipinski definition) is 1. The van der Waals surface area contributed by atoms with Crippen LogP contribution in [0.1, 0.15) is 29.9 Å². The maximum absolute atomic E-state index is 6.18. The van der Waals surface area contributed by atoms with E-state index in [1.165, 1.54) is 0 Å². The molecule has 20 heavy (non-hydrogen) atoms. The molecule has 0 fully saturated rings. The molecular weight excluding hydrogens is 342 g/mol. The molecule has 5 heteroatoms. The highest BCUT2D eigenvalue weighted by Gasteiger charge is 2.22. The highest BCUT2D eigenvalue weighted by Crippen LogP contribution is 2.39. The standard InChI is InChI=1S/C15H17BrClNO2/c1-4-13-10(5-6-20-13)14(18-2)11-7-9(17)8-12(16)15(11)19-3/h5-8,14,18H,4H2,1-3H3. The summed E-state index contributed by atoms with van der Waals surface area (Å²) < 4.78 is 11.9. The smallest absolute Gasteiger partial charge is 0.138 e. The molecule has 1 aromatic heterocycles. The number of nitrogens with one attached hydrogen (secondary N) is 1. The van der Waals surface area contributed by atoms with Crippen LogP contribution in [0.3, 0.4) is 0 Å². The summed E-state index contributed by atoms with van der Waals surface area (Å²) in [5.41, 5.74) is 2.08. The van der Waals surface area contributed by atoms with Gasteiger partial charge in [-0.1, -0.05) is 18.5 Å². The number of benzene rings is 1. The topological polar surface area (TPSA) is 34.4 Å². The van der Waals surface area contributed by atoms with E-state index in [1.54, 1.807) is 13.4 Å².